The van der Waals surface area contributed by atoms with E-state index < -0.39 is 23.4 Å². The van der Waals surface area contributed by atoms with Crippen molar-refractivity contribution in [1.29, 1.82) is 0 Å². The smallest absolute Gasteiger partial charge is 0.437 e. The summed E-state index contributed by atoms with van der Waals surface area (Å²) >= 11 is 3.30. The van der Waals surface area contributed by atoms with Gasteiger partial charge in [-0.05, 0) is 64.4 Å². The predicted molar refractivity (Wildman–Crippen MR) is 86.2 cm³/mol. The molecule has 22 heavy (non-hydrogen) atoms. The van der Waals surface area contributed by atoms with Gasteiger partial charge < -0.3 is 9.47 Å². The first-order valence-corrected chi connectivity index (χ1v) is 7.58. The third-order valence-electron chi connectivity index (χ3n) is 2.17. The van der Waals surface area contributed by atoms with Crippen LogP contribution in [0.1, 0.15) is 47.2 Å². The Balaban J connectivity index is 3.04. The Labute approximate surface area is 138 Å². The molecule has 0 aromatic carbocycles. The van der Waals surface area contributed by atoms with E-state index >= 15 is 0 Å². The Morgan fingerprint density at radius 3 is 2.05 bits per heavy atom. The highest BCUT2D eigenvalue weighted by atomic mass is 79.9. The third kappa shape index (κ3) is 5.32. The lowest BCUT2D eigenvalue weighted by Crippen LogP contribution is -2.31. The van der Waals surface area contributed by atoms with Crippen molar-refractivity contribution < 1.29 is 19.1 Å². The van der Waals surface area contributed by atoms with E-state index in [0.717, 1.165) is 4.68 Å². The van der Waals surface area contributed by atoms with Gasteiger partial charge in [0.2, 0.25) is 0 Å². The minimum Gasteiger partial charge on any atom is -0.444 e. The van der Waals surface area contributed by atoms with Gasteiger partial charge in [0.1, 0.15) is 11.2 Å². The second kappa shape index (κ2) is 6.28. The van der Waals surface area contributed by atoms with Crippen molar-refractivity contribution in [1.82, 2.24) is 9.78 Å². The van der Waals surface area contributed by atoms with Gasteiger partial charge in [-0.3, -0.25) is 5.32 Å². The Hall–Kier alpha value is -1.57. The topological polar surface area (TPSA) is 82.5 Å². The Morgan fingerprint density at radius 1 is 1.09 bits per heavy atom. The van der Waals surface area contributed by atoms with Gasteiger partial charge in [0.15, 0.2) is 5.82 Å². The molecule has 1 aromatic heterocycles. The van der Waals surface area contributed by atoms with E-state index in [9.17, 15) is 9.59 Å². The number of carbonyl (C=O) groups excluding carboxylic acids is 2. The van der Waals surface area contributed by atoms with E-state index in [0.29, 0.717) is 10.2 Å². The second-order valence-electron chi connectivity index (χ2n) is 6.77. The van der Waals surface area contributed by atoms with Crippen LogP contribution in [-0.2, 0) is 9.47 Å². The molecule has 0 spiro atoms. The van der Waals surface area contributed by atoms with Crippen molar-refractivity contribution in [3.63, 3.8) is 0 Å². The minimum atomic E-state index is -0.688. The van der Waals surface area contributed by atoms with Gasteiger partial charge in [0.25, 0.3) is 0 Å². The van der Waals surface area contributed by atoms with Crippen molar-refractivity contribution >= 4 is 33.9 Å². The zero-order valence-corrected chi connectivity index (χ0v) is 15.5. The molecule has 0 bridgehead atoms. The van der Waals surface area contributed by atoms with Crippen LogP contribution in [0.15, 0.2) is 4.47 Å². The highest BCUT2D eigenvalue weighted by Gasteiger charge is 2.26. The average molecular weight is 376 g/mol. The maximum Gasteiger partial charge on any atom is 0.437 e. The molecule has 124 valence electrons. The Kier molecular flexibility index (Phi) is 5.27. The monoisotopic (exact) mass is 375 g/mol. The largest absolute Gasteiger partial charge is 0.444 e. The molecule has 8 heteroatoms. The van der Waals surface area contributed by atoms with Gasteiger partial charge in [-0.25, -0.2) is 9.59 Å². The summed E-state index contributed by atoms with van der Waals surface area (Å²) in [4.78, 5) is 24.1. The maximum absolute atomic E-state index is 12.2. The molecule has 0 aliphatic heterocycles. The van der Waals surface area contributed by atoms with E-state index in [1.54, 1.807) is 48.5 Å². The molecule has 0 unspecified atom stereocenters. The lowest BCUT2D eigenvalue weighted by Gasteiger charge is -2.21. The van der Waals surface area contributed by atoms with Crippen molar-refractivity contribution in [2.45, 2.75) is 59.7 Å². The number of hydrogen-bond acceptors (Lipinski definition) is 5. The molecule has 1 amide bonds. The van der Waals surface area contributed by atoms with Gasteiger partial charge in [0, 0.05) is 0 Å². The number of amides is 1. The summed E-state index contributed by atoms with van der Waals surface area (Å²) in [5, 5.41) is 6.58. The average Bonchev–Trinajstić information content (AvgIpc) is 2.52. The zero-order valence-electron chi connectivity index (χ0n) is 13.9. The highest BCUT2D eigenvalue weighted by molar-refractivity contribution is 9.10. The molecule has 1 N–H and O–H groups in total. The van der Waals surface area contributed by atoms with Crippen LogP contribution < -0.4 is 5.32 Å². The zero-order chi connectivity index (χ0) is 17.3. The molecule has 1 heterocycles. The minimum absolute atomic E-state index is 0.168. The van der Waals surface area contributed by atoms with E-state index in [-0.39, 0.29) is 5.82 Å². The molecule has 0 fully saturated rings. The fourth-order valence-corrected chi connectivity index (χ4v) is 1.80. The number of aromatic nitrogens is 2. The first-order chi connectivity index (χ1) is 9.80. The van der Waals surface area contributed by atoms with E-state index in [1.165, 1.54) is 0 Å². The van der Waals surface area contributed by atoms with Gasteiger partial charge in [-0.2, -0.15) is 5.10 Å². The molecular formula is C14H22BrN3O4. The first kappa shape index (κ1) is 18.5. The molecule has 0 saturated heterocycles. The quantitative estimate of drug-likeness (QED) is 0.799. The molecule has 7 nitrogen and oxygen atoms in total. The lowest BCUT2D eigenvalue weighted by atomic mass is 10.2. The van der Waals surface area contributed by atoms with Gasteiger partial charge >= 0.3 is 12.2 Å². The molecule has 0 radical (unpaired) electrons. The highest BCUT2D eigenvalue weighted by Crippen LogP contribution is 2.27. The van der Waals surface area contributed by atoms with Gasteiger partial charge in [0.05, 0.1) is 10.2 Å². The summed E-state index contributed by atoms with van der Waals surface area (Å²) in [5.41, 5.74) is -0.786. The van der Waals surface area contributed by atoms with Gasteiger partial charge in [-0.15, -0.1) is 4.68 Å². The van der Waals surface area contributed by atoms with Crippen molar-refractivity contribution in [3.8, 4) is 0 Å². The van der Waals surface area contributed by atoms with E-state index in [4.69, 9.17) is 9.47 Å². The molecule has 0 saturated carbocycles. The number of nitrogens with one attached hydrogen (secondary N) is 1. The van der Waals surface area contributed by atoms with E-state index in [1.807, 2.05) is 0 Å². The number of hydrogen-bond donors (Lipinski definition) is 1. The third-order valence-corrected chi connectivity index (χ3v) is 3.12. The van der Waals surface area contributed by atoms with Crippen molar-refractivity contribution in [3.05, 3.63) is 10.2 Å². The fourth-order valence-electron chi connectivity index (χ4n) is 1.45. The molecule has 1 aromatic rings. The maximum atomic E-state index is 12.2. The second-order valence-corrected chi connectivity index (χ2v) is 7.56. The summed E-state index contributed by atoms with van der Waals surface area (Å²) in [6, 6.07) is 0. The molecule has 0 aliphatic carbocycles. The SMILES string of the molecule is Cc1nn(C(=O)OC(C)(C)C)c(NC(=O)OC(C)(C)C)c1Br. The van der Waals surface area contributed by atoms with Crippen LogP contribution >= 0.6 is 15.9 Å². The summed E-state index contributed by atoms with van der Waals surface area (Å²) in [5.74, 6) is 0.168. The number of anilines is 1. The summed E-state index contributed by atoms with van der Waals surface area (Å²) in [6.45, 7) is 12.2. The molecule has 0 atom stereocenters. The van der Waals surface area contributed by atoms with Crippen LogP contribution in [0.2, 0.25) is 0 Å². The standard InChI is InChI=1S/C14H22BrN3O4/c1-8-9(15)10(16-11(19)21-13(2,3)4)18(17-8)12(20)22-14(5,6)7/h1-7H3,(H,16,19). The van der Waals surface area contributed by atoms with Crippen molar-refractivity contribution in [2.24, 2.45) is 0 Å². The van der Waals surface area contributed by atoms with Crippen LogP contribution in [-0.4, -0.2) is 33.2 Å². The number of carbonyl (C=O) groups is 2. The van der Waals surface area contributed by atoms with Crippen LogP contribution in [0, 0.1) is 6.92 Å². The lowest BCUT2D eigenvalue weighted by molar-refractivity contribution is 0.0517. The summed E-state index contributed by atoms with van der Waals surface area (Å²) < 4.78 is 11.9. The number of halogens is 1. The number of aryl methyl sites for hydroxylation is 1. The summed E-state index contributed by atoms with van der Waals surface area (Å²) in [6.07, 6.45) is -1.37. The molecule has 1 rings (SSSR count). The number of ether oxygens (including phenoxy) is 2. The van der Waals surface area contributed by atoms with Crippen LogP contribution in [0.4, 0.5) is 15.4 Å². The fraction of sp³-hybridized carbons (Fsp3) is 0.643. The van der Waals surface area contributed by atoms with Crippen LogP contribution in [0.3, 0.4) is 0 Å². The Bertz CT molecular complexity index is 582. The normalized spacial score (nSPS) is 12.0. The Morgan fingerprint density at radius 2 is 1.59 bits per heavy atom. The number of nitrogens with zero attached hydrogens (tertiary/aromatic N) is 2. The summed E-state index contributed by atoms with van der Waals surface area (Å²) in [7, 11) is 0. The van der Waals surface area contributed by atoms with Crippen molar-refractivity contribution in [2.75, 3.05) is 5.32 Å². The first-order valence-electron chi connectivity index (χ1n) is 6.78. The van der Waals surface area contributed by atoms with Crippen LogP contribution in [0.5, 0.6) is 0 Å². The molecule has 0 aliphatic rings. The number of rotatable bonds is 1. The molecular weight excluding hydrogens is 354 g/mol. The van der Waals surface area contributed by atoms with E-state index in [2.05, 4.69) is 26.3 Å². The van der Waals surface area contributed by atoms with Gasteiger partial charge in [-0.1, -0.05) is 0 Å². The predicted octanol–water partition coefficient (Wildman–Crippen LogP) is 4.08. The van der Waals surface area contributed by atoms with Crippen LogP contribution in [0.25, 0.3) is 0 Å².